The maximum absolute atomic E-state index is 14.0. The lowest BCUT2D eigenvalue weighted by Gasteiger charge is -2.30. The zero-order valence-corrected chi connectivity index (χ0v) is 20.7. The fourth-order valence-electron chi connectivity index (χ4n) is 5.13. The van der Waals surface area contributed by atoms with Crippen LogP contribution in [0, 0.1) is 0 Å². The minimum absolute atomic E-state index is 0.135. The van der Waals surface area contributed by atoms with Gasteiger partial charge in [0.1, 0.15) is 4.83 Å². The quantitative estimate of drug-likeness (QED) is 0.343. The van der Waals surface area contributed by atoms with Crippen molar-refractivity contribution in [2.45, 2.75) is 81.5 Å². The Morgan fingerprint density at radius 2 is 2.00 bits per heavy atom. The van der Waals surface area contributed by atoms with Gasteiger partial charge in [0, 0.05) is 23.1 Å². The summed E-state index contributed by atoms with van der Waals surface area (Å²) in [5, 5.41) is 1.65. The molecule has 1 aliphatic carbocycles. The Bertz CT molecular complexity index is 1270. The fourth-order valence-corrected chi connectivity index (χ4v) is 7.28. The van der Waals surface area contributed by atoms with Gasteiger partial charge in [0.05, 0.1) is 17.6 Å². The normalized spacial score (nSPS) is 19.7. The first-order valence-corrected chi connectivity index (χ1v) is 13.5. The minimum Gasteiger partial charge on any atom is -0.454 e. The largest absolute Gasteiger partial charge is 0.454 e. The summed E-state index contributed by atoms with van der Waals surface area (Å²) in [5.41, 5.74) is 2.17. The summed E-state index contributed by atoms with van der Waals surface area (Å²) < 4.78 is 19.0. The van der Waals surface area contributed by atoms with Gasteiger partial charge in [-0.2, -0.15) is 0 Å². The van der Waals surface area contributed by atoms with Crippen molar-refractivity contribution < 1.29 is 14.2 Å². The molecule has 8 heteroatoms. The second-order valence-corrected chi connectivity index (χ2v) is 11.8. The number of benzene rings is 1. The van der Waals surface area contributed by atoms with E-state index in [1.807, 2.05) is 16.7 Å². The number of aromatic nitrogens is 2. The molecule has 0 N–H and O–H groups in total. The summed E-state index contributed by atoms with van der Waals surface area (Å²) >= 11 is 3.27. The molecule has 3 aliphatic rings. The van der Waals surface area contributed by atoms with Crippen LogP contribution in [0.5, 0.6) is 11.5 Å². The lowest BCUT2D eigenvalue weighted by molar-refractivity contribution is -0.0379. The molecule has 1 fully saturated rings. The Hall–Kier alpha value is -2.03. The van der Waals surface area contributed by atoms with Crippen molar-refractivity contribution in [2.75, 3.05) is 6.79 Å². The van der Waals surface area contributed by atoms with Gasteiger partial charge in [-0.15, -0.1) is 11.3 Å². The third kappa shape index (κ3) is 3.96. The first-order valence-electron chi connectivity index (χ1n) is 11.7. The van der Waals surface area contributed by atoms with Gasteiger partial charge in [0.15, 0.2) is 16.7 Å². The van der Waals surface area contributed by atoms with Crippen LogP contribution in [0.1, 0.15) is 68.0 Å². The Balaban J connectivity index is 1.41. The average molecular weight is 485 g/mol. The van der Waals surface area contributed by atoms with Gasteiger partial charge in [0.2, 0.25) is 6.79 Å². The maximum Gasteiger partial charge on any atom is 0.263 e. The van der Waals surface area contributed by atoms with Crippen LogP contribution < -0.4 is 15.0 Å². The number of thioether (sulfide) groups is 1. The number of hydrogen-bond acceptors (Lipinski definition) is 7. The summed E-state index contributed by atoms with van der Waals surface area (Å²) in [5.74, 6) is 2.30. The minimum atomic E-state index is -0.254. The van der Waals surface area contributed by atoms with E-state index in [2.05, 4.69) is 19.9 Å². The summed E-state index contributed by atoms with van der Waals surface area (Å²) in [6.07, 6.45) is 6.44. The van der Waals surface area contributed by atoms with Gasteiger partial charge in [-0.25, -0.2) is 4.98 Å². The van der Waals surface area contributed by atoms with Gasteiger partial charge >= 0.3 is 0 Å². The molecule has 0 unspecified atom stereocenters. The molecule has 0 saturated heterocycles. The van der Waals surface area contributed by atoms with Crippen LogP contribution in [0.15, 0.2) is 28.2 Å². The van der Waals surface area contributed by atoms with Crippen LogP contribution in [0.3, 0.4) is 0 Å². The Morgan fingerprint density at radius 3 is 2.85 bits per heavy atom. The molecular weight excluding hydrogens is 456 g/mol. The highest BCUT2D eigenvalue weighted by molar-refractivity contribution is 7.98. The van der Waals surface area contributed by atoms with E-state index in [1.54, 1.807) is 23.1 Å². The number of ether oxygens (including phenoxy) is 3. The van der Waals surface area contributed by atoms with E-state index in [9.17, 15) is 4.79 Å². The SMILES string of the molecule is CC1(C)Cc2c(sc3nc(SCc4ccc5c(c4)OCO5)n(C4CCCCC4)c(=O)c23)CO1. The lowest BCUT2D eigenvalue weighted by Crippen LogP contribution is -2.33. The number of rotatable bonds is 4. The fraction of sp³-hybridized carbons (Fsp3) is 0.520. The van der Waals surface area contributed by atoms with Crippen molar-refractivity contribution in [2.24, 2.45) is 0 Å². The molecule has 6 rings (SSSR count). The molecule has 1 aromatic carbocycles. The van der Waals surface area contributed by atoms with E-state index in [-0.39, 0.29) is 24.0 Å². The molecule has 0 radical (unpaired) electrons. The van der Waals surface area contributed by atoms with E-state index in [0.717, 1.165) is 67.9 Å². The molecule has 3 aromatic rings. The van der Waals surface area contributed by atoms with Crippen LogP contribution in [0.4, 0.5) is 0 Å². The first kappa shape index (κ1) is 21.5. The zero-order chi connectivity index (χ0) is 22.6. The number of nitrogens with zero attached hydrogens (tertiary/aromatic N) is 2. The third-order valence-electron chi connectivity index (χ3n) is 6.85. The molecule has 0 amide bonds. The third-order valence-corrected chi connectivity index (χ3v) is 8.97. The molecule has 4 heterocycles. The van der Waals surface area contributed by atoms with Crippen molar-refractivity contribution >= 4 is 33.3 Å². The predicted molar refractivity (Wildman–Crippen MR) is 131 cm³/mol. The van der Waals surface area contributed by atoms with Crippen molar-refractivity contribution in [3.8, 4) is 11.5 Å². The van der Waals surface area contributed by atoms with E-state index in [1.165, 1.54) is 19.3 Å². The van der Waals surface area contributed by atoms with Gasteiger partial charge < -0.3 is 14.2 Å². The molecule has 2 aliphatic heterocycles. The molecule has 0 atom stereocenters. The Labute approximate surface area is 201 Å². The highest BCUT2D eigenvalue weighted by Gasteiger charge is 2.32. The molecule has 1 saturated carbocycles. The number of thiophene rings is 1. The molecule has 0 bridgehead atoms. The van der Waals surface area contributed by atoms with Gasteiger partial charge in [-0.1, -0.05) is 37.1 Å². The summed E-state index contributed by atoms with van der Waals surface area (Å²) in [6.45, 7) is 5.03. The summed E-state index contributed by atoms with van der Waals surface area (Å²) in [6, 6.07) is 6.27. The van der Waals surface area contributed by atoms with Crippen molar-refractivity contribution in [1.82, 2.24) is 9.55 Å². The van der Waals surface area contributed by atoms with Crippen LogP contribution in [0.2, 0.25) is 0 Å². The van der Waals surface area contributed by atoms with E-state index in [0.29, 0.717) is 6.61 Å². The monoisotopic (exact) mass is 484 g/mol. The Morgan fingerprint density at radius 1 is 1.18 bits per heavy atom. The standard InChI is InChI=1S/C25H28N2O4S2/c1-25(2)11-17-20(12-31-25)33-22-21(17)23(28)27(16-6-4-3-5-7-16)24(26-22)32-13-15-8-9-18-19(10-15)30-14-29-18/h8-10,16H,3-7,11-14H2,1-2H3. The lowest BCUT2D eigenvalue weighted by atomic mass is 9.93. The predicted octanol–water partition coefficient (Wildman–Crippen LogP) is 5.84. The van der Waals surface area contributed by atoms with Crippen LogP contribution in [-0.4, -0.2) is 21.9 Å². The second kappa shape index (κ2) is 8.32. The molecule has 2 aromatic heterocycles. The molecule has 0 spiro atoms. The number of hydrogen-bond donors (Lipinski definition) is 0. The van der Waals surface area contributed by atoms with Crippen LogP contribution >= 0.6 is 23.1 Å². The molecule has 6 nitrogen and oxygen atoms in total. The molecule has 174 valence electrons. The van der Waals surface area contributed by atoms with Crippen LogP contribution in [-0.2, 0) is 23.5 Å². The van der Waals surface area contributed by atoms with Crippen LogP contribution in [0.25, 0.3) is 10.2 Å². The van der Waals surface area contributed by atoms with Gasteiger partial charge in [-0.3, -0.25) is 9.36 Å². The first-order chi connectivity index (χ1) is 16.0. The number of fused-ring (bicyclic) bond motifs is 4. The average Bonchev–Trinajstić information content (AvgIpc) is 3.41. The highest BCUT2D eigenvalue weighted by Crippen LogP contribution is 2.40. The molecule has 33 heavy (non-hydrogen) atoms. The zero-order valence-electron chi connectivity index (χ0n) is 19.0. The highest BCUT2D eigenvalue weighted by atomic mass is 32.2. The van der Waals surface area contributed by atoms with Gasteiger partial charge in [0.25, 0.3) is 5.56 Å². The summed E-state index contributed by atoms with van der Waals surface area (Å²) in [7, 11) is 0. The maximum atomic E-state index is 14.0. The summed E-state index contributed by atoms with van der Waals surface area (Å²) in [4.78, 5) is 21.1. The Kier molecular flexibility index (Phi) is 5.42. The van der Waals surface area contributed by atoms with Crippen molar-refractivity contribution in [3.05, 3.63) is 44.6 Å². The molecular formula is C25H28N2O4S2. The smallest absolute Gasteiger partial charge is 0.263 e. The topological polar surface area (TPSA) is 62.6 Å². The second-order valence-electron chi connectivity index (χ2n) is 9.75. The van der Waals surface area contributed by atoms with E-state index < -0.39 is 0 Å². The van der Waals surface area contributed by atoms with Crippen molar-refractivity contribution in [1.29, 1.82) is 0 Å². The van der Waals surface area contributed by atoms with E-state index in [4.69, 9.17) is 19.2 Å². The van der Waals surface area contributed by atoms with Gasteiger partial charge in [-0.05, 0) is 49.9 Å². The van der Waals surface area contributed by atoms with Crippen molar-refractivity contribution in [3.63, 3.8) is 0 Å². The van der Waals surface area contributed by atoms with E-state index >= 15 is 0 Å².